The molecule has 1 unspecified atom stereocenters. The molecule has 0 aromatic heterocycles. The molecule has 7 nitrogen and oxygen atoms in total. The Hall–Kier alpha value is -3.35. The highest BCUT2D eigenvalue weighted by Crippen LogP contribution is 2.34. The van der Waals surface area contributed by atoms with E-state index >= 15 is 0 Å². The number of ether oxygens (including phenoxy) is 1. The second-order valence-electron chi connectivity index (χ2n) is 6.26. The first-order chi connectivity index (χ1) is 12.9. The molecule has 2 aromatic rings. The van der Waals surface area contributed by atoms with Crippen molar-refractivity contribution in [3.8, 4) is 5.75 Å². The second kappa shape index (κ2) is 7.49. The van der Waals surface area contributed by atoms with Crippen LogP contribution in [0.25, 0.3) is 0 Å². The van der Waals surface area contributed by atoms with Crippen LogP contribution < -0.4 is 15.0 Å². The van der Waals surface area contributed by atoms with Crippen molar-refractivity contribution in [1.82, 2.24) is 0 Å². The van der Waals surface area contributed by atoms with Crippen molar-refractivity contribution >= 4 is 29.2 Å². The summed E-state index contributed by atoms with van der Waals surface area (Å²) in [6.45, 7) is 3.43. The number of benzene rings is 2. The standard InChI is InChI=1S/C20H20N2O5/c1-3-13-4-7-15(8-5-13)21-19(24)12(2)22-16-10-14(20(25)26)6-9-17(16)27-11-18(22)23/h4-10,12H,3,11H2,1-2H3,(H,21,24)(H,25,26). The fourth-order valence-electron chi connectivity index (χ4n) is 2.92. The number of carbonyl (C=O) groups excluding carboxylic acids is 2. The molecule has 140 valence electrons. The normalized spacial score (nSPS) is 14.1. The van der Waals surface area contributed by atoms with Gasteiger partial charge in [0.1, 0.15) is 11.8 Å². The summed E-state index contributed by atoms with van der Waals surface area (Å²) in [5.74, 6) is -1.54. The van der Waals surface area contributed by atoms with E-state index in [2.05, 4.69) is 5.32 Å². The van der Waals surface area contributed by atoms with Gasteiger partial charge in [0.2, 0.25) is 5.91 Å². The largest absolute Gasteiger partial charge is 0.482 e. The number of rotatable bonds is 5. The summed E-state index contributed by atoms with van der Waals surface area (Å²) in [6, 6.07) is 10.9. The molecular weight excluding hydrogens is 348 g/mol. The molecule has 27 heavy (non-hydrogen) atoms. The molecule has 1 heterocycles. The van der Waals surface area contributed by atoms with E-state index in [1.54, 1.807) is 19.1 Å². The van der Waals surface area contributed by atoms with E-state index in [0.29, 0.717) is 11.4 Å². The maximum atomic E-state index is 12.7. The number of nitrogens with zero attached hydrogens (tertiary/aromatic N) is 1. The van der Waals surface area contributed by atoms with Crippen LogP contribution in [0, 0.1) is 0 Å². The third-order valence-corrected chi connectivity index (χ3v) is 4.48. The number of carboxylic acids is 1. The maximum absolute atomic E-state index is 12.7. The predicted molar refractivity (Wildman–Crippen MR) is 100 cm³/mol. The number of aryl methyl sites for hydroxylation is 1. The molecule has 0 saturated heterocycles. The Labute approximate surface area is 156 Å². The fourth-order valence-corrected chi connectivity index (χ4v) is 2.92. The number of aromatic carboxylic acids is 1. The molecule has 0 bridgehead atoms. The Morgan fingerprint density at radius 2 is 1.93 bits per heavy atom. The van der Waals surface area contributed by atoms with Gasteiger partial charge in [-0.15, -0.1) is 0 Å². The lowest BCUT2D eigenvalue weighted by molar-refractivity contribution is -0.125. The quantitative estimate of drug-likeness (QED) is 0.846. The van der Waals surface area contributed by atoms with Crippen molar-refractivity contribution in [3.05, 3.63) is 53.6 Å². The topological polar surface area (TPSA) is 95.9 Å². The molecule has 7 heteroatoms. The van der Waals surface area contributed by atoms with Crippen LogP contribution in [0.1, 0.15) is 29.8 Å². The van der Waals surface area contributed by atoms with Crippen molar-refractivity contribution in [2.24, 2.45) is 0 Å². The monoisotopic (exact) mass is 368 g/mol. The number of hydrogen-bond donors (Lipinski definition) is 2. The predicted octanol–water partition coefficient (Wildman–Crippen LogP) is 2.70. The van der Waals surface area contributed by atoms with Crippen molar-refractivity contribution in [2.75, 3.05) is 16.8 Å². The number of carboxylic acid groups (broad SMARTS) is 1. The van der Waals surface area contributed by atoms with E-state index in [-0.39, 0.29) is 23.8 Å². The van der Waals surface area contributed by atoms with Gasteiger partial charge in [-0.05, 0) is 49.2 Å². The minimum atomic E-state index is -1.12. The SMILES string of the molecule is CCc1ccc(NC(=O)C(C)N2C(=O)COc3ccc(C(=O)O)cc32)cc1. The van der Waals surface area contributed by atoms with Gasteiger partial charge in [0, 0.05) is 5.69 Å². The van der Waals surface area contributed by atoms with Crippen LogP contribution in [0.4, 0.5) is 11.4 Å². The highest BCUT2D eigenvalue weighted by Gasteiger charge is 2.33. The van der Waals surface area contributed by atoms with E-state index in [9.17, 15) is 19.5 Å². The summed E-state index contributed by atoms with van der Waals surface area (Å²) in [6.07, 6.45) is 0.898. The zero-order chi connectivity index (χ0) is 19.6. The Bertz CT molecular complexity index is 892. The average molecular weight is 368 g/mol. The first-order valence-electron chi connectivity index (χ1n) is 8.62. The minimum absolute atomic E-state index is 0.0137. The number of carbonyl (C=O) groups is 3. The lowest BCUT2D eigenvalue weighted by Crippen LogP contribution is -2.49. The zero-order valence-corrected chi connectivity index (χ0v) is 15.1. The molecule has 0 aliphatic carbocycles. The summed E-state index contributed by atoms with van der Waals surface area (Å²) < 4.78 is 5.36. The second-order valence-corrected chi connectivity index (χ2v) is 6.26. The zero-order valence-electron chi connectivity index (χ0n) is 15.1. The van der Waals surface area contributed by atoms with Crippen LogP contribution in [0.3, 0.4) is 0 Å². The molecule has 0 radical (unpaired) electrons. The molecule has 1 atom stereocenters. The smallest absolute Gasteiger partial charge is 0.335 e. The number of nitrogens with one attached hydrogen (secondary N) is 1. The summed E-state index contributed by atoms with van der Waals surface area (Å²) in [5.41, 5.74) is 2.07. The summed E-state index contributed by atoms with van der Waals surface area (Å²) in [7, 11) is 0. The number of amides is 2. The molecule has 1 aliphatic rings. The van der Waals surface area contributed by atoms with Crippen LogP contribution >= 0.6 is 0 Å². The van der Waals surface area contributed by atoms with Crippen LogP contribution in [0.15, 0.2) is 42.5 Å². The molecule has 3 rings (SSSR count). The van der Waals surface area contributed by atoms with E-state index < -0.39 is 17.9 Å². The molecule has 0 saturated carbocycles. The van der Waals surface area contributed by atoms with Crippen molar-refractivity contribution in [1.29, 1.82) is 0 Å². The van der Waals surface area contributed by atoms with Crippen molar-refractivity contribution in [2.45, 2.75) is 26.3 Å². The van der Waals surface area contributed by atoms with Gasteiger partial charge in [0.05, 0.1) is 11.3 Å². The first-order valence-corrected chi connectivity index (χ1v) is 8.62. The summed E-state index contributed by atoms with van der Waals surface area (Å²) in [4.78, 5) is 37.6. The van der Waals surface area contributed by atoms with Crippen LogP contribution in [0.5, 0.6) is 5.75 Å². The fraction of sp³-hybridized carbons (Fsp3) is 0.250. The first kappa shape index (κ1) is 18.4. The van der Waals surface area contributed by atoms with Crippen molar-refractivity contribution < 1.29 is 24.2 Å². The highest BCUT2D eigenvalue weighted by molar-refractivity contribution is 6.07. The van der Waals surface area contributed by atoms with Crippen LogP contribution in [0.2, 0.25) is 0 Å². The molecule has 0 spiro atoms. The molecule has 2 aromatic carbocycles. The van der Waals surface area contributed by atoms with Gasteiger partial charge in [0.25, 0.3) is 5.91 Å². The van der Waals surface area contributed by atoms with Gasteiger partial charge < -0.3 is 15.2 Å². The van der Waals surface area contributed by atoms with Gasteiger partial charge >= 0.3 is 5.97 Å². The lowest BCUT2D eigenvalue weighted by Gasteiger charge is -2.33. The Kier molecular flexibility index (Phi) is 5.12. The molecule has 1 aliphatic heterocycles. The van der Waals surface area contributed by atoms with Crippen LogP contribution in [-0.2, 0) is 16.0 Å². The van der Waals surface area contributed by atoms with Gasteiger partial charge in [-0.3, -0.25) is 14.5 Å². The van der Waals surface area contributed by atoms with Crippen LogP contribution in [-0.4, -0.2) is 35.5 Å². The van der Waals surface area contributed by atoms with Gasteiger partial charge in [-0.25, -0.2) is 4.79 Å². The van der Waals surface area contributed by atoms with Gasteiger partial charge in [-0.2, -0.15) is 0 Å². The van der Waals surface area contributed by atoms with E-state index in [4.69, 9.17) is 4.74 Å². The van der Waals surface area contributed by atoms with Gasteiger partial charge in [-0.1, -0.05) is 19.1 Å². The highest BCUT2D eigenvalue weighted by atomic mass is 16.5. The van der Waals surface area contributed by atoms with Crippen molar-refractivity contribution in [3.63, 3.8) is 0 Å². The van der Waals surface area contributed by atoms with E-state index in [0.717, 1.165) is 12.0 Å². The Balaban J connectivity index is 1.85. The van der Waals surface area contributed by atoms with E-state index in [1.807, 2.05) is 19.1 Å². The summed E-state index contributed by atoms with van der Waals surface area (Å²) in [5, 5.41) is 12.0. The van der Waals surface area contributed by atoms with Gasteiger partial charge in [0.15, 0.2) is 6.61 Å². The average Bonchev–Trinajstić information content (AvgIpc) is 2.67. The molecule has 2 N–H and O–H groups in total. The number of fused-ring (bicyclic) bond motifs is 1. The Morgan fingerprint density at radius 1 is 1.22 bits per heavy atom. The lowest BCUT2D eigenvalue weighted by atomic mass is 10.1. The number of hydrogen-bond acceptors (Lipinski definition) is 4. The minimum Gasteiger partial charge on any atom is -0.482 e. The molecule has 2 amide bonds. The third kappa shape index (κ3) is 3.76. The summed E-state index contributed by atoms with van der Waals surface area (Å²) >= 11 is 0. The number of anilines is 2. The third-order valence-electron chi connectivity index (χ3n) is 4.48. The molecule has 0 fully saturated rings. The molecular formula is C20H20N2O5. The Morgan fingerprint density at radius 3 is 2.56 bits per heavy atom. The van der Waals surface area contributed by atoms with E-state index in [1.165, 1.54) is 23.1 Å². The maximum Gasteiger partial charge on any atom is 0.335 e.